The van der Waals surface area contributed by atoms with E-state index in [0.717, 1.165) is 12.0 Å². The number of hydrazine groups is 1. The molecule has 2 aromatic carbocycles. The zero-order chi connectivity index (χ0) is 24.5. The summed E-state index contributed by atoms with van der Waals surface area (Å²) in [5.74, 6) is 0.00696. The Labute approximate surface area is 199 Å². The molecule has 34 heavy (non-hydrogen) atoms. The lowest BCUT2D eigenvalue weighted by atomic mass is 10.0. The molecule has 8 heteroatoms. The van der Waals surface area contributed by atoms with Crippen molar-refractivity contribution in [3.8, 4) is 11.5 Å². The van der Waals surface area contributed by atoms with E-state index in [9.17, 15) is 14.4 Å². The number of carbonyl (C=O) groups is 3. The molecule has 0 atom stereocenters. The molecule has 2 aromatic rings. The van der Waals surface area contributed by atoms with Gasteiger partial charge in [-0.25, -0.2) is 5.01 Å². The molecule has 0 bridgehead atoms. The van der Waals surface area contributed by atoms with Crippen LogP contribution in [-0.2, 0) is 19.1 Å². The number of rotatable bonds is 11. The van der Waals surface area contributed by atoms with E-state index >= 15 is 0 Å². The van der Waals surface area contributed by atoms with Crippen molar-refractivity contribution in [3.05, 3.63) is 59.2 Å². The smallest absolute Gasteiger partial charge is 0.302 e. The summed E-state index contributed by atoms with van der Waals surface area (Å²) in [6, 6.07) is 12.5. The van der Waals surface area contributed by atoms with Crippen molar-refractivity contribution in [2.24, 2.45) is 0 Å². The molecule has 1 fully saturated rings. The minimum Gasteiger partial charge on any atom is -0.493 e. The topological polar surface area (TPSA) is 94.2 Å². The number of nitrogens with one attached hydrogen (secondary N) is 1. The van der Waals surface area contributed by atoms with E-state index in [2.05, 4.69) is 5.43 Å². The molecule has 0 aliphatic carbocycles. The summed E-state index contributed by atoms with van der Waals surface area (Å²) in [7, 11) is 0. The summed E-state index contributed by atoms with van der Waals surface area (Å²) in [5, 5.41) is 1.23. The predicted molar refractivity (Wildman–Crippen MR) is 128 cm³/mol. The van der Waals surface area contributed by atoms with Gasteiger partial charge in [0.05, 0.1) is 25.5 Å². The molecule has 3 rings (SSSR count). The molecule has 8 nitrogen and oxygen atoms in total. The van der Waals surface area contributed by atoms with Gasteiger partial charge in [0.15, 0.2) is 0 Å². The van der Waals surface area contributed by atoms with E-state index < -0.39 is 11.8 Å². The Balaban J connectivity index is 1.83. The summed E-state index contributed by atoms with van der Waals surface area (Å²) in [5.41, 5.74) is 4.60. The van der Waals surface area contributed by atoms with E-state index in [0.29, 0.717) is 55.4 Å². The zero-order valence-corrected chi connectivity index (χ0v) is 19.8. The summed E-state index contributed by atoms with van der Waals surface area (Å²) < 4.78 is 16.8. The summed E-state index contributed by atoms with van der Waals surface area (Å²) in [6.45, 7) is 6.56. The van der Waals surface area contributed by atoms with Crippen LogP contribution >= 0.6 is 0 Å². The molecule has 0 radical (unpaired) electrons. The Kier molecular flexibility index (Phi) is 8.67. The van der Waals surface area contributed by atoms with Crippen molar-refractivity contribution in [1.29, 1.82) is 0 Å². The van der Waals surface area contributed by atoms with Gasteiger partial charge in [0.1, 0.15) is 17.1 Å². The van der Waals surface area contributed by atoms with Crippen molar-refractivity contribution in [2.75, 3.05) is 24.8 Å². The third-order valence-electron chi connectivity index (χ3n) is 5.14. The van der Waals surface area contributed by atoms with E-state index in [1.807, 2.05) is 26.0 Å². The molecule has 0 spiro atoms. The first kappa shape index (κ1) is 24.8. The highest BCUT2D eigenvalue weighted by atomic mass is 16.5. The highest BCUT2D eigenvalue weighted by Crippen LogP contribution is 2.34. The van der Waals surface area contributed by atoms with Crippen molar-refractivity contribution in [3.63, 3.8) is 0 Å². The summed E-state index contributed by atoms with van der Waals surface area (Å²) in [4.78, 5) is 36.5. The van der Waals surface area contributed by atoms with Crippen LogP contribution < -0.4 is 19.9 Å². The average molecular weight is 467 g/mol. The van der Waals surface area contributed by atoms with Crippen molar-refractivity contribution in [1.82, 2.24) is 5.43 Å². The lowest BCUT2D eigenvalue weighted by Crippen LogP contribution is -2.35. The normalized spacial score (nSPS) is 14.3. The maximum atomic E-state index is 13.0. The molecule has 0 aromatic heterocycles. The molecular weight excluding hydrogens is 436 g/mol. The lowest BCUT2D eigenvalue weighted by Gasteiger charge is -2.16. The Bertz CT molecular complexity index is 1060. The number of nitrogens with zero attached hydrogens (tertiary/aromatic N) is 1. The lowest BCUT2D eigenvalue weighted by molar-refractivity contribution is -0.141. The number of ether oxygens (including phenoxy) is 3. The monoisotopic (exact) mass is 466 g/mol. The fourth-order valence-electron chi connectivity index (χ4n) is 3.43. The van der Waals surface area contributed by atoms with E-state index in [-0.39, 0.29) is 11.5 Å². The minimum atomic E-state index is -0.481. The summed E-state index contributed by atoms with van der Waals surface area (Å²) >= 11 is 0. The predicted octanol–water partition coefficient (Wildman–Crippen LogP) is 3.97. The fraction of sp³-hybridized carbons (Fsp3) is 0.346. The maximum absolute atomic E-state index is 13.0. The molecule has 0 unspecified atom stereocenters. The highest BCUT2D eigenvalue weighted by Gasteiger charge is 2.34. The van der Waals surface area contributed by atoms with Crippen molar-refractivity contribution in [2.45, 2.75) is 40.0 Å². The molecule has 2 amide bonds. The van der Waals surface area contributed by atoms with Crippen LogP contribution in [-0.4, -0.2) is 37.6 Å². The highest BCUT2D eigenvalue weighted by molar-refractivity contribution is 6.31. The number of unbranched alkanes of at least 4 members (excludes halogenated alkanes) is 1. The second-order valence-corrected chi connectivity index (χ2v) is 7.83. The van der Waals surface area contributed by atoms with Gasteiger partial charge in [-0.05, 0) is 56.5 Å². The van der Waals surface area contributed by atoms with Gasteiger partial charge in [-0.15, -0.1) is 0 Å². The van der Waals surface area contributed by atoms with Crippen LogP contribution in [0.5, 0.6) is 11.5 Å². The zero-order valence-electron chi connectivity index (χ0n) is 19.8. The Morgan fingerprint density at radius 3 is 2.44 bits per heavy atom. The SMILES string of the molecule is CCCOc1ccc(C=C2C(=O)NN(c3ccccc3)C2=O)c(OCCCCOC(C)=O)c1C. The van der Waals surface area contributed by atoms with Crippen molar-refractivity contribution < 1.29 is 28.6 Å². The van der Waals surface area contributed by atoms with Gasteiger partial charge in [0, 0.05) is 18.1 Å². The number of benzene rings is 2. The molecule has 1 aliphatic rings. The van der Waals surface area contributed by atoms with Crippen molar-refractivity contribution >= 4 is 29.5 Å². The van der Waals surface area contributed by atoms with E-state index in [4.69, 9.17) is 14.2 Å². The number of anilines is 1. The molecule has 0 saturated carbocycles. The second kappa shape index (κ2) is 11.9. The van der Waals surface area contributed by atoms with Gasteiger partial charge in [-0.3, -0.25) is 19.8 Å². The summed E-state index contributed by atoms with van der Waals surface area (Å²) in [6.07, 6.45) is 3.74. The van der Waals surface area contributed by atoms with Crippen LogP contribution in [0.2, 0.25) is 0 Å². The number of hydrogen-bond donors (Lipinski definition) is 1. The van der Waals surface area contributed by atoms with Crippen LogP contribution in [0, 0.1) is 6.92 Å². The number of amides is 2. The van der Waals surface area contributed by atoms with Crippen LogP contribution in [0.3, 0.4) is 0 Å². The molecular formula is C26H30N2O6. The van der Waals surface area contributed by atoms with Gasteiger partial charge < -0.3 is 14.2 Å². The molecule has 1 saturated heterocycles. The van der Waals surface area contributed by atoms with E-state index in [1.165, 1.54) is 11.9 Å². The van der Waals surface area contributed by atoms with Crippen LogP contribution in [0.15, 0.2) is 48.0 Å². The van der Waals surface area contributed by atoms with Gasteiger partial charge in [0.2, 0.25) is 0 Å². The standard InChI is InChI=1S/C26H30N2O6/c1-4-14-33-23-13-12-20(24(18(23)2)34-16-9-8-15-32-19(3)29)17-22-25(30)27-28(26(22)31)21-10-6-5-7-11-21/h5-7,10-13,17H,4,8-9,14-16H2,1-3H3,(H,27,30). The number of carbonyl (C=O) groups excluding carboxylic acids is 3. The Morgan fingerprint density at radius 1 is 1.00 bits per heavy atom. The third kappa shape index (κ3) is 6.15. The first-order valence-corrected chi connectivity index (χ1v) is 11.4. The van der Waals surface area contributed by atoms with Crippen LogP contribution in [0.4, 0.5) is 5.69 Å². The molecule has 1 N–H and O–H groups in total. The van der Waals surface area contributed by atoms with E-state index in [1.54, 1.807) is 36.4 Å². The minimum absolute atomic E-state index is 0.0187. The van der Waals surface area contributed by atoms with Gasteiger partial charge in [-0.2, -0.15) is 0 Å². The Hall–Kier alpha value is -3.81. The third-order valence-corrected chi connectivity index (χ3v) is 5.14. The quantitative estimate of drug-likeness (QED) is 0.233. The second-order valence-electron chi connectivity index (χ2n) is 7.83. The molecule has 1 aliphatic heterocycles. The van der Waals surface area contributed by atoms with Gasteiger partial charge >= 0.3 is 5.97 Å². The van der Waals surface area contributed by atoms with Crippen LogP contribution in [0.1, 0.15) is 44.2 Å². The van der Waals surface area contributed by atoms with Crippen LogP contribution in [0.25, 0.3) is 6.08 Å². The van der Waals surface area contributed by atoms with Gasteiger partial charge in [0.25, 0.3) is 11.8 Å². The number of hydrogen-bond acceptors (Lipinski definition) is 6. The maximum Gasteiger partial charge on any atom is 0.302 e. The van der Waals surface area contributed by atoms with Gasteiger partial charge in [-0.1, -0.05) is 25.1 Å². The first-order valence-electron chi connectivity index (χ1n) is 11.4. The number of para-hydroxylation sites is 1. The first-order chi connectivity index (χ1) is 16.4. The fourth-order valence-corrected chi connectivity index (χ4v) is 3.43. The molecule has 180 valence electrons. The largest absolute Gasteiger partial charge is 0.493 e. The number of esters is 1. The average Bonchev–Trinajstić information content (AvgIpc) is 3.11. The molecule has 1 heterocycles. The Morgan fingerprint density at radius 2 is 1.74 bits per heavy atom.